The molecule has 0 aliphatic carbocycles. The normalized spacial score (nSPS) is 13.4. The van der Waals surface area contributed by atoms with Gasteiger partial charge in [-0.25, -0.2) is 0 Å². The van der Waals surface area contributed by atoms with E-state index in [1.54, 1.807) is 13.8 Å². The van der Waals surface area contributed by atoms with Crippen molar-refractivity contribution in [2.75, 3.05) is 0 Å². The van der Waals surface area contributed by atoms with E-state index in [0.29, 0.717) is 0 Å². The SMILES string of the molecule is C=CC(C)OC(=O)CCC(=O)OC(C)C=C. The molecule has 0 bridgehead atoms. The summed E-state index contributed by atoms with van der Waals surface area (Å²) in [6.45, 7) is 10.4. The molecule has 0 heterocycles. The Hall–Kier alpha value is -1.58. The average Bonchev–Trinajstić information content (AvgIpc) is 2.26. The second-order valence-electron chi connectivity index (χ2n) is 3.36. The van der Waals surface area contributed by atoms with E-state index in [2.05, 4.69) is 13.2 Å². The zero-order chi connectivity index (χ0) is 12.6. The minimum absolute atomic E-state index is 0.0148. The van der Waals surface area contributed by atoms with Gasteiger partial charge in [0.15, 0.2) is 0 Å². The number of esters is 2. The molecule has 16 heavy (non-hydrogen) atoms. The third kappa shape index (κ3) is 6.81. The smallest absolute Gasteiger partial charge is 0.306 e. The number of rotatable bonds is 7. The maximum Gasteiger partial charge on any atom is 0.306 e. The molecule has 0 radical (unpaired) electrons. The Morgan fingerprint density at radius 1 is 1.00 bits per heavy atom. The third-order valence-corrected chi connectivity index (χ3v) is 1.83. The van der Waals surface area contributed by atoms with E-state index in [0.717, 1.165) is 0 Å². The molecule has 4 heteroatoms. The predicted octanol–water partition coefficient (Wildman–Crippen LogP) is 2.00. The van der Waals surface area contributed by atoms with Gasteiger partial charge in [0.05, 0.1) is 12.8 Å². The van der Waals surface area contributed by atoms with E-state index in [4.69, 9.17) is 9.47 Å². The molecule has 0 aromatic carbocycles. The minimum atomic E-state index is -0.435. The molecule has 0 saturated heterocycles. The maximum absolute atomic E-state index is 11.2. The maximum atomic E-state index is 11.2. The van der Waals surface area contributed by atoms with E-state index in [1.807, 2.05) is 0 Å². The van der Waals surface area contributed by atoms with Gasteiger partial charge in [0.25, 0.3) is 0 Å². The summed E-state index contributed by atoms with van der Waals surface area (Å²) in [6.07, 6.45) is 2.37. The lowest BCUT2D eigenvalue weighted by atomic mass is 10.3. The van der Waals surface area contributed by atoms with Gasteiger partial charge in [0, 0.05) is 0 Å². The summed E-state index contributed by atoms with van der Waals surface area (Å²) in [6, 6.07) is 0. The largest absolute Gasteiger partial charge is 0.458 e. The van der Waals surface area contributed by atoms with Crippen LogP contribution in [-0.4, -0.2) is 24.1 Å². The van der Waals surface area contributed by atoms with Crippen LogP contribution in [-0.2, 0) is 19.1 Å². The lowest BCUT2D eigenvalue weighted by molar-refractivity contribution is -0.153. The fraction of sp³-hybridized carbons (Fsp3) is 0.500. The van der Waals surface area contributed by atoms with Gasteiger partial charge >= 0.3 is 11.9 Å². The lowest BCUT2D eigenvalue weighted by Gasteiger charge is -2.10. The van der Waals surface area contributed by atoms with Crippen molar-refractivity contribution in [2.24, 2.45) is 0 Å². The molecule has 2 unspecified atom stereocenters. The van der Waals surface area contributed by atoms with Gasteiger partial charge < -0.3 is 9.47 Å². The first-order valence-corrected chi connectivity index (χ1v) is 5.13. The van der Waals surface area contributed by atoms with Crippen molar-refractivity contribution in [1.82, 2.24) is 0 Å². The van der Waals surface area contributed by atoms with Crippen molar-refractivity contribution in [3.05, 3.63) is 25.3 Å². The topological polar surface area (TPSA) is 52.6 Å². The van der Waals surface area contributed by atoms with Crippen molar-refractivity contribution < 1.29 is 19.1 Å². The Balaban J connectivity index is 3.79. The van der Waals surface area contributed by atoms with Crippen LogP contribution in [0.3, 0.4) is 0 Å². The molecule has 0 N–H and O–H groups in total. The van der Waals surface area contributed by atoms with Crippen molar-refractivity contribution in [3.8, 4) is 0 Å². The summed E-state index contributed by atoms with van der Waals surface area (Å²) in [5, 5.41) is 0. The summed E-state index contributed by atoms with van der Waals surface area (Å²) >= 11 is 0. The quantitative estimate of drug-likeness (QED) is 0.492. The zero-order valence-corrected chi connectivity index (χ0v) is 9.77. The molecule has 0 aromatic rings. The van der Waals surface area contributed by atoms with E-state index >= 15 is 0 Å². The van der Waals surface area contributed by atoms with Crippen molar-refractivity contribution in [3.63, 3.8) is 0 Å². The summed E-state index contributed by atoms with van der Waals surface area (Å²) in [4.78, 5) is 22.3. The molecule has 0 amide bonds. The van der Waals surface area contributed by atoms with Crippen molar-refractivity contribution in [1.29, 1.82) is 0 Å². The van der Waals surface area contributed by atoms with Crippen LogP contribution in [0.4, 0.5) is 0 Å². The molecule has 0 aliphatic rings. The molecular weight excluding hydrogens is 208 g/mol. The van der Waals surface area contributed by atoms with Crippen LogP contribution in [0.25, 0.3) is 0 Å². The Labute approximate surface area is 95.9 Å². The van der Waals surface area contributed by atoms with Crippen LogP contribution in [0.2, 0.25) is 0 Å². The van der Waals surface area contributed by atoms with Gasteiger partial charge in [-0.05, 0) is 13.8 Å². The minimum Gasteiger partial charge on any atom is -0.458 e. The monoisotopic (exact) mass is 226 g/mol. The number of ether oxygens (including phenoxy) is 2. The van der Waals surface area contributed by atoms with Crippen LogP contribution in [0.15, 0.2) is 25.3 Å². The summed E-state index contributed by atoms with van der Waals surface area (Å²) in [5.74, 6) is -0.869. The van der Waals surface area contributed by atoms with E-state index in [9.17, 15) is 9.59 Å². The summed E-state index contributed by atoms with van der Waals surface area (Å²) < 4.78 is 9.79. The van der Waals surface area contributed by atoms with Crippen molar-refractivity contribution >= 4 is 11.9 Å². The highest BCUT2D eigenvalue weighted by atomic mass is 16.5. The van der Waals surface area contributed by atoms with Crippen molar-refractivity contribution in [2.45, 2.75) is 38.9 Å². The second-order valence-corrected chi connectivity index (χ2v) is 3.36. The Bertz CT molecular complexity index is 242. The lowest BCUT2D eigenvalue weighted by Crippen LogP contribution is -2.16. The first-order chi connectivity index (χ1) is 7.49. The van der Waals surface area contributed by atoms with Crippen LogP contribution < -0.4 is 0 Å². The number of hydrogen-bond donors (Lipinski definition) is 0. The fourth-order valence-corrected chi connectivity index (χ4v) is 0.833. The van der Waals surface area contributed by atoms with Gasteiger partial charge in [-0.1, -0.05) is 25.3 Å². The fourth-order valence-electron chi connectivity index (χ4n) is 0.833. The van der Waals surface area contributed by atoms with Crippen LogP contribution in [0.1, 0.15) is 26.7 Å². The first-order valence-electron chi connectivity index (χ1n) is 5.13. The van der Waals surface area contributed by atoms with Gasteiger partial charge in [-0.2, -0.15) is 0 Å². The Morgan fingerprint density at radius 3 is 1.56 bits per heavy atom. The highest BCUT2D eigenvalue weighted by molar-refractivity contribution is 5.77. The predicted molar refractivity (Wildman–Crippen MR) is 60.7 cm³/mol. The molecule has 2 atom stereocenters. The van der Waals surface area contributed by atoms with Crippen LogP contribution in [0, 0.1) is 0 Å². The zero-order valence-electron chi connectivity index (χ0n) is 9.77. The highest BCUT2D eigenvalue weighted by Gasteiger charge is 2.12. The molecule has 90 valence electrons. The number of hydrogen-bond acceptors (Lipinski definition) is 4. The molecular formula is C12H18O4. The number of carbonyl (C=O) groups excluding carboxylic acids is 2. The van der Waals surface area contributed by atoms with Crippen LogP contribution >= 0.6 is 0 Å². The molecule has 0 aliphatic heterocycles. The van der Waals surface area contributed by atoms with Gasteiger partial charge in [0.2, 0.25) is 0 Å². The summed E-state index contributed by atoms with van der Waals surface area (Å²) in [7, 11) is 0. The van der Waals surface area contributed by atoms with Crippen LogP contribution in [0.5, 0.6) is 0 Å². The Morgan fingerprint density at radius 2 is 1.31 bits per heavy atom. The number of carbonyl (C=O) groups is 2. The average molecular weight is 226 g/mol. The van der Waals surface area contributed by atoms with Gasteiger partial charge in [-0.15, -0.1) is 0 Å². The molecule has 0 rings (SSSR count). The molecule has 4 nitrogen and oxygen atoms in total. The van der Waals surface area contributed by atoms with Gasteiger partial charge in [0.1, 0.15) is 12.2 Å². The summed E-state index contributed by atoms with van der Waals surface area (Å²) in [5.41, 5.74) is 0. The first kappa shape index (κ1) is 14.4. The highest BCUT2D eigenvalue weighted by Crippen LogP contribution is 2.02. The Kier molecular flexibility index (Phi) is 6.92. The van der Waals surface area contributed by atoms with E-state index in [-0.39, 0.29) is 25.0 Å². The molecule has 0 spiro atoms. The molecule has 0 fully saturated rings. The standard InChI is InChI=1S/C12H18O4/c1-5-9(3)15-11(13)7-8-12(14)16-10(4)6-2/h5-6,9-10H,1-2,7-8H2,3-4H3. The van der Waals surface area contributed by atoms with E-state index < -0.39 is 11.9 Å². The molecule has 0 saturated carbocycles. The molecule has 0 aromatic heterocycles. The van der Waals surface area contributed by atoms with E-state index in [1.165, 1.54) is 12.2 Å². The van der Waals surface area contributed by atoms with Gasteiger partial charge in [-0.3, -0.25) is 9.59 Å². The third-order valence-electron chi connectivity index (χ3n) is 1.83. The second kappa shape index (κ2) is 7.68.